The van der Waals surface area contributed by atoms with Crippen LogP contribution in [0.2, 0.25) is 0 Å². The number of nitrogens with one attached hydrogen (secondary N) is 6. The van der Waals surface area contributed by atoms with Gasteiger partial charge in [0, 0.05) is 24.4 Å². The fraction of sp³-hybridized carbons (Fsp3) is 0.571. The van der Waals surface area contributed by atoms with Gasteiger partial charge in [-0.05, 0) is 23.6 Å². The van der Waals surface area contributed by atoms with Gasteiger partial charge in [0.25, 0.3) is 0 Å². The lowest BCUT2D eigenvalue weighted by Gasteiger charge is -2.22. The van der Waals surface area contributed by atoms with Crippen LogP contribution in [0.5, 0.6) is 0 Å². The maximum atomic E-state index is 12.8. The number of ether oxygens (including phenoxy) is 2. The van der Waals surface area contributed by atoms with E-state index in [1.807, 2.05) is 0 Å². The number of carbonyl (C=O) groups excluding carboxylic acids is 8. The monoisotopic (exact) mass is 748 g/mol. The first-order chi connectivity index (χ1) is 24.9. The Labute approximate surface area is 308 Å². The molecule has 1 aromatic rings. The van der Waals surface area contributed by atoms with Gasteiger partial charge in [0.1, 0.15) is 24.5 Å². The van der Waals surface area contributed by atoms with Crippen molar-refractivity contribution >= 4 is 58.9 Å². The molecule has 0 heterocycles. The van der Waals surface area contributed by atoms with E-state index < -0.39 is 85.5 Å². The summed E-state index contributed by atoms with van der Waals surface area (Å²) >= 11 is 0. The minimum atomic E-state index is -1.59. The van der Waals surface area contributed by atoms with E-state index in [9.17, 15) is 48.3 Å². The topological polar surface area (TPSA) is 264 Å². The van der Waals surface area contributed by atoms with Crippen LogP contribution in [0.1, 0.15) is 66.4 Å². The van der Waals surface area contributed by atoms with Gasteiger partial charge in [0.2, 0.25) is 35.4 Å². The molecule has 0 radical (unpaired) electrons. The van der Waals surface area contributed by atoms with Gasteiger partial charge < -0.3 is 46.5 Å². The van der Waals surface area contributed by atoms with Crippen molar-refractivity contribution in [3.05, 3.63) is 29.8 Å². The van der Waals surface area contributed by atoms with Gasteiger partial charge in [-0.2, -0.15) is 0 Å². The average Bonchev–Trinajstić information content (AvgIpc) is 3.09. The number of carbonyl (C=O) groups is 9. The molecule has 2 atom stereocenters. The molecule has 0 aromatic heterocycles. The molecule has 294 valence electrons. The largest absolute Gasteiger partial charge is 0.481 e. The number of hydrogen-bond donors (Lipinski definition) is 7. The van der Waals surface area contributed by atoms with Crippen molar-refractivity contribution in [2.24, 2.45) is 17.8 Å². The maximum absolute atomic E-state index is 12.8. The van der Waals surface area contributed by atoms with E-state index in [4.69, 9.17) is 9.47 Å². The van der Waals surface area contributed by atoms with Gasteiger partial charge in [0.05, 0.1) is 45.2 Å². The molecular weight excluding hydrogens is 696 g/mol. The Morgan fingerprint density at radius 1 is 0.660 bits per heavy atom. The number of anilines is 1. The van der Waals surface area contributed by atoms with E-state index in [1.165, 1.54) is 0 Å². The molecule has 0 aliphatic carbocycles. The van der Waals surface area contributed by atoms with E-state index in [0.717, 1.165) is 0 Å². The molecule has 0 fully saturated rings. The molecule has 6 amide bonds. The minimum absolute atomic E-state index is 0.0103. The van der Waals surface area contributed by atoms with Crippen LogP contribution < -0.4 is 31.9 Å². The van der Waals surface area contributed by atoms with E-state index in [2.05, 4.69) is 31.9 Å². The zero-order chi connectivity index (χ0) is 40.1. The van der Waals surface area contributed by atoms with E-state index in [-0.39, 0.29) is 56.3 Å². The van der Waals surface area contributed by atoms with Crippen molar-refractivity contribution in [2.75, 3.05) is 38.2 Å². The Morgan fingerprint density at radius 3 is 1.81 bits per heavy atom. The third-order valence-electron chi connectivity index (χ3n) is 7.29. The number of benzene rings is 1. The number of Topliss-reactive ketones (excluding diaryl/α,β-unsaturated/α-hetero) is 1. The minimum Gasteiger partial charge on any atom is -0.481 e. The third kappa shape index (κ3) is 19.7. The summed E-state index contributed by atoms with van der Waals surface area (Å²) in [6.45, 7) is 8.84. The molecule has 0 saturated carbocycles. The number of amides is 6. The molecule has 1 aromatic carbocycles. The molecule has 0 aliphatic rings. The number of aliphatic carboxylic acids is 1. The second kappa shape index (κ2) is 24.0. The summed E-state index contributed by atoms with van der Waals surface area (Å²) < 4.78 is 10.4. The third-order valence-corrected chi connectivity index (χ3v) is 7.29. The van der Waals surface area contributed by atoms with Crippen molar-refractivity contribution in [1.82, 2.24) is 26.6 Å². The van der Waals surface area contributed by atoms with Crippen LogP contribution in [0.4, 0.5) is 5.69 Å². The molecule has 18 nitrogen and oxygen atoms in total. The van der Waals surface area contributed by atoms with Gasteiger partial charge >= 0.3 is 11.9 Å². The number of hydrogen-bond acceptors (Lipinski definition) is 11. The maximum Gasteiger partial charge on any atom is 0.308 e. The highest BCUT2D eigenvalue weighted by atomic mass is 16.5. The molecular formula is C35H52N6O12. The first-order valence-corrected chi connectivity index (χ1v) is 17.2. The Hall–Kier alpha value is -5.39. The van der Waals surface area contributed by atoms with Gasteiger partial charge in [-0.25, -0.2) is 0 Å². The lowest BCUT2D eigenvalue weighted by molar-refractivity contribution is -0.148. The van der Waals surface area contributed by atoms with Crippen molar-refractivity contribution in [3.8, 4) is 0 Å². The normalized spacial score (nSPS) is 11.9. The summed E-state index contributed by atoms with van der Waals surface area (Å²) in [6, 6.07) is 3.86. The van der Waals surface area contributed by atoms with Crippen LogP contribution in [-0.4, -0.2) is 103 Å². The summed E-state index contributed by atoms with van der Waals surface area (Å²) in [5.41, 5.74) is 1.15. The van der Waals surface area contributed by atoms with Crippen LogP contribution in [0.25, 0.3) is 0 Å². The smallest absolute Gasteiger partial charge is 0.308 e. The molecule has 7 N–H and O–H groups in total. The first kappa shape index (κ1) is 45.6. The fourth-order valence-corrected chi connectivity index (χ4v) is 4.16. The highest BCUT2D eigenvalue weighted by molar-refractivity contribution is 5.97. The Kier molecular flexibility index (Phi) is 20.6. The molecule has 0 aliphatic heterocycles. The fourth-order valence-electron chi connectivity index (χ4n) is 4.16. The Morgan fingerprint density at radius 2 is 1.23 bits per heavy atom. The van der Waals surface area contributed by atoms with Crippen molar-refractivity contribution in [1.29, 1.82) is 0 Å². The Bertz CT molecular complexity index is 1450. The summed E-state index contributed by atoms with van der Waals surface area (Å²) in [6.07, 6.45) is -0.716. The predicted octanol–water partition coefficient (Wildman–Crippen LogP) is -0.205. The van der Waals surface area contributed by atoms with Gasteiger partial charge in [-0.3, -0.25) is 43.2 Å². The molecule has 53 heavy (non-hydrogen) atoms. The molecule has 2 unspecified atom stereocenters. The first-order valence-electron chi connectivity index (χ1n) is 17.2. The van der Waals surface area contributed by atoms with E-state index >= 15 is 0 Å². The van der Waals surface area contributed by atoms with E-state index in [1.54, 1.807) is 65.8 Å². The van der Waals surface area contributed by atoms with Crippen molar-refractivity contribution in [3.63, 3.8) is 0 Å². The number of carboxylic acids is 1. The summed E-state index contributed by atoms with van der Waals surface area (Å²) in [7, 11) is 0. The lowest BCUT2D eigenvalue weighted by atomic mass is 10.0. The van der Waals surface area contributed by atoms with Gasteiger partial charge in [-0.15, -0.1) is 0 Å². The standard InChI is InChI=1S/C35H52N6O12/c1-20(2)26(42)11-13-52-14-12-27(43)36-16-29(45)40-25(15-31(47)48)33(49)37-18-30(46)41-32(21(3)4)34(50)38-17-28(44)39-24-9-7-23(8-10-24)19-53-35(51)22(5)6/h7-10,20-22,25,32H,11-19H2,1-6H3,(H,36,43)(H,37,49)(H,38,50)(H,39,44)(H,40,45)(H,41,46)(H,47,48). The summed E-state index contributed by atoms with van der Waals surface area (Å²) in [5, 5.41) is 23.5. The zero-order valence-corrected chi connectivity index (χ0v) is 31.0. The lowest BCUT2D eigenvalue weighted by Crippen LogP contribution is -2.55. The molecule has 0 bridgehead atoms. The number of rotatable bonds is 24. The van der Waals surface area contributed by atoms with Crippen LogP contribution in [0.15, 0.2) is 24.3 Å². The summed E-state index contributed by atoms with van der Waals surface area (Å²) in [4.78, 5) is 110. The molecule has 0 spiro atoms. The second-order valence-electron chi connectivity index (χ2n) is 13.0. The van der Waals surface area contributed by atoms with Crippen LogP contribution >= 0.6 is 0 Å². The number of ketones is 1. The highest BCUT2D eigenvalue weighted by Crippen LogP contribution is 2.11. The molecule has 0 saturated heterocycles. The van der Waals surface area contributed by atoms with Crippen molar-refractivity contribution < 1.29 is 57.7 Å². The van der Waals surface area contributed by atoms with Gasteiger partial charge in [0.15, 0.2) is 0 Å². The predicted molar refractivity (Wildman–Crippen MR) is 190 cm³/mol. The molecule has 18 heteroatoms. The highest BCUT2D eigenvalue weighted by Gasteiger charge is 2.27. The number of esters is 1. The Balaban J connectivity index is 2.54. The quantitative estimate of drug-likeness (QED) is 0.0535. The molecule has 1 rings (SSSR count). The number of carboxylic acid groups (broad SMARTS) is 1. The van der Waals surface area contributed by atoms with Crippen molar-refractivity contribution in [2.45, 2.75) is 79.5 Å². The van der Waals surface area contributed by atoms with E-state index in [0.29, 0.717) is 11.3 Å². The second-order valence-corrected chi connectivity index (χ2v) is 13.0. The van der Waals surface area contributed by atoms with Crippen LogP contribution in [0.3, 0.4) is 0 Å². The van der Waals surface area contributed by atoms with Crippen LogP contribution in [0, 0.1) is 17.8 Å². The van der Waals surface area contributed by atoms with Gasteiger partial charge in [-0.1, -0.05) is 53.7 Å². The average molecular weight is 749 g/mol. The zero-order valence-electron chi connectivity index (χ0n) is 31.0. The van der Waals surface area contributed by atoms with Crippen LogP contribution in [-0.2, 0) is 59.2 Å². The summed E-state index contributed by atoms with van der Waals surface area (Å²) in [5.74, 6) is -7.01. The SMILES string of the molecule is CC(C)C(=O)CCOCCC(=O)NCC(=O)NC(CC(=O)O)C(=O)NCC(=O)NC(C(=O)NCC(=O)Nc1ccc(COC(=O)C(C)C)cc1)C(C)C.